The smallest absolute Gasteiger partial charge is 0.0737 e. The van der Waals surface area contributed by atoms with Crippen LogP contribution in [-0.2, 0) is 17.7 Å². The van der Waals surface area contributed by atoms with Gasteiger partial charge >= 0.3 is 0 Å². The van der Waals surface area contributed by atoms with Gasteiger partial charge in [-0.3, -0.25) is 0 Å². The van der Waals surface area contributed by atoms with Gasteiger partial charge in [0.2, 0.25) is 0 Å². The maximum atomic E-state index is 5.47. The number of aromatic nitrogens is 4. The average Bonchev–Trinajstić information content (AvgIpc) is 4.10. The Kier molecular flexibility index (Phi) is 11.3. The van der Waals surface area contributed by atoms with Crippen molar-refractivity contribution >= 4 is 137 Å². The maximum Gasteiger partial charge on any atom is 0.0737 e. The molecule has 2 aliphatic rings. The molecule has 8 bridgehead atoms. The largest absolute Gasteiger partial charge is 0.354 e. The minimum Gasteiger partial charge on any atom is -0.354 e. The zero-order chi connectivity index (χ0) is 38.2. The van der Waals surface area contributed by atoms with Crippen molar-refractivity contribution in [3.05, 3.63) is 166 Å². The zero-order valence-corrected chi connectivity index (χ0v) is 38.7. The number of hydrogen-bond acceptors (Lipinski definition) is 2. The van der Waals surface area contributed by atoms with Gasteiger partial charge in [0.1, 0.15) is 0 Å². The van der Waals surface area contributed by atoms with Crippen molar-refractivity contribution in [3.8, 4) is 44.5 Å². The van der Waals surface area contributed by atoms with Gasteiger partial charge in [-0.05, 0) is 93.1 Å². The molecule has 2 N–H and O–H groups in total. The van der Waals surface area contributed by atoms with Crippen LogP contribution in [0.3, 0.4) is 0 Å². The van der Waals surface area contributed by atoms with Crippen molar-refractivity contribution in [1.29, 1.82) is 0 Å². The van der Waals surface area contributed by atoms with Crippen molar-refractivity contribution in [2.75, 3.05) is 0 Å². The number of nitrogens with zero attached hydrogens (tertiary/aromatic N) is 2. The fraction of sp³-hybridized carbons (Fsp3) is 0.0833. The highest BCUT2D eigenvalue weighted by Crippen LogP contribution is 2.39. The number of H-pyrrole nitrogens is 2. The minimum atomic E-state index is 0.917. The third kappa shape index (κ3) is 7.46. The minimum absolute atomic E-state index is 0.917. The number of nitrogens with one attached hydrogen (secondary N) is 2. The summed E-state index contributed by atoms with van der Waals surface area (Å²) < 4.78 is 3.82. The molecule has 0 spiro atoms. The van der Waals surface area contributed by atoms with Crippen LogP contribution < -0.4 is 0 Å². The van der Waals surface area contributed by atoms with Gasteiger partial charge in [0.05, 0.1) is 22.8 Å². The standard InChI is InChI=1S/C48H34I4N4/c49-25-29-1-9-33(10-2-29)45-37-17-19-39(53-37)46(34-11-3-30(26-50)4-12-34)41-21-23-43(55-41)48(36-15-7-32(28-52)8-16-36)44-24-22-42(56-44)47(40-20-18-38(45)54-40)35-13-5-31(27-51)6-14-35/h1-24,53,56H,25-28H2. The van der Waals surface area contributed by atoms with Crippen LogP contribution in [-0.4, -0.2) is 19.9 Å². The fourth-order valence-corrected chi connectivity index (χ4v) is 9.50. The molecule has 3 aromatic heterocycles. The average molecular weight is 1170 g/mol. The Morgan fingerprint density at radius 1 is 0.304 bits per heavy atom. The predicted molar refractivity (Wildman–Crippen MR) is 271 cm³/mol. The van der Waals surface area contributed by atoms with Gasteiger partial charge in [0.25, 0.3) is 0 Å². The van der Waals surface area contributed by atoms with Crippen molar-refractivity contribution in [3.63, 3.8) is 0 Å². The lowest BCUT2D eigenvalue weighted by Gasteiger charge is -2.08. The highest BCUT2D eigenvalue weighted by molar-refractivity contribution is 14.1. The Bertz CT molecular complexity index is 2430. The van der Waals surface area contributed by atoms with Gasteiger partial charge in [-0.1, -0.05) is 187 Å². The number of benzene rings is 4. The number of rotatable bonds is 8. The van der Waals surface area contributed by atoms with Crippen molar-refractivity contribution in [1.82, 2.24) is 19.9 Å². The van der Waals surface area contributed by atoms with Crippen LogP contribution in [0.4, 0.5) is 0 Å². The first-order valence-electron chi connectivity index (χ1n) is 18.3. The summed E-state index contributed by atoms with van der Waals surface area (Å²) in [6.45, 7) is 0. The molecule has 0 fully saturated rings. The summed E-state index contributed by atoms with van der Waals surface area (Å²) in [5, 5.41) is 0. The Morgan fingerprint density at radius 2 is 0.518 bits per heavy atom. The van der Waals surface area contributed by atoms with E-state index in [1.807, 2.05) is 0 Å². The molecule has 0 unspecified atom stereocenters. The van der Waals surface area contributed by atoms with Crippen LogP contribution >= 0.6 is 90.4 Å². The molecule has 8 heteroatoms. The summed E-state index contributed by atoms with van der Waals surface area (Å²) in [5.74, 6) is 0. The molecule has 5 heterocycles. The molecule has 0 radical (unpaired) electrons. The van der Waals surface area contributed by atoms with Crippen LogP contribution in [0.5, 0.6) is 0 Å². The second kappa shape index (κ2) is 16.7. The van der Waals surface area contributed by atoms with Crippen LogP contribution in [0.25, 0.3) is 90.9 Å². The van der Waals surface area contributed by atoms with Gasteiger partial charge in [-0.2, -0.15) is 0 Å². The topological polar surface area (TPSA) is 57.4 Å². The molecule has 0 aliphatic carbocycles. The van der Waals surface area contributed by atoms with E-state index in [4.69, 9.17) is 9.97 Å². The summed E-state index contributed by atoms with van der Waals surface area (Å²) in [6.07, 6.45) is 8.68. The van der Waals surface area contributed by atoms with Gasteiger partial charge in [0, 0.05) is 62.0 Å². The number of aromatic amines is 2. The number of fused-ring (bicyclic) bond motifs is 8. The van der Waals surface area contributed by atoms with E-state index in [0.717, 1.165) is 107 Å². The Labute approximate surface area is 381 Å². The zero-order valence-electron chi connectivity index (χ0n) is 30.1. The summed E-state index contributed by atoms with van der Waals surface area (Å²) in [5.41, 5.74) is 21.5. The van der Waals surface area contributed by atoms with Crippen LogP contribution in [0.1, 0.15) is 45.0 Å². The molecular formula is C48H34I4N4. The fourth-order valence-electron chi connectivity index (χ4n) is 7.46. The second-order valence-electron chi connectivity index (χ2n) is 13.8. The van der Waals surface area contributed by atoms with E-state index in [2.05, 4.69) is 246 Å². The lowest BCUT2D eigenvalue weighted by atomic mass is 10.0. The van der Waals surface area contributed by atoms with Crippen molar-refractivity contribution < 1.29 is 0 Å². The predicted octanol–water partition coefficient (Wildman–Crippen LogP) is 15.1. The quantitative estimate of drug-likeness (QED) is 0.118. The first-order valence-corrected chi connectivity index (χ1v) is 24.4. The van der Waals surface area contributed by atoms with Gasteiger partial charge < -0.3 is 9.97 Å². The Balaban J connectivity index is 1.44. The Morgan fingerprint density at radius 3 is 0.714 bits per heavy atom. The van der Waals surface area contributed by atoms with Crippen LogP contribution in [0, 0.1) is 0 Å². The normalized spacial score (nSPS) is 12.1. The van der Waals surface area contributed by atoms with E-state index < -0.39 is 0 Å². The summed E-state index contributed by atoms with van der Waals surface area (Å²) in [7, 11) is 0. The molecular weight excluding hydrogens is 1140 g/mol. The molecule has 7 aromatic rings. The lowest BCUT2D eigenvalue weighted by molar-refractivity contribution is 1.31. The van der Waals surface area contributed by atoms with Gasteiger partial charge in [-0.15, -0.1) is 0 Å². The highest BCUT2D eigenvalue weighted by atomic mass is 127. The first kappa shape index (κ1) is 37.9. The molecule has 2 aliphatic heterocycles. The van der Waals surface area contributed by atoms with Crippen LogP contribution in [0.15, 0.2) is 121 Å². The number of hydrogen-bond donors (Lipinski definition) is 2. The summed E-state index contributed by atoms with van der Waals surface area (Å²) in [6, 6.07) is 44.4. The molecule has 0 atom stereocenters. The molecule has 0 saturated heterocycles. The van der Waals surface area contributed by atoms with Gasteiger partial charge in [0.15, 0.2) is 0 Å². The molecule has 274 valence electrons. The monoisotopic (exact) mass is 1170 g/mol. The SMILES string of the molecule is ICc1ccc(-c2c3nc(c(-c4ccc(CI)cc4)c4ccc([nH]4)c(-c4ccc(CI)cc4)c4nc(c(-c5ccc(CI)cc5)c5ccc2[nH]5)C=C4)C=C3)cc1. The van der Waals surface area contributed by atoms with E-state index >= 15 is 0 Å². The Hall–Kier alpha value is -3.60. The molecule has 4 nitrogen and oxygen atoms in total. The highest BCUT2D eigenvalue weighted by Gasteiger charge is 2.19. The molecule has 0 saturated carbocycles. The first-order chi connectivity index (χ1) is 27.5. The molecule has 9 rings (SSSR count). The molecule has 0 amide bonds. The second-order valence-corrected chi connectivity index (χ2v) is 16.9. The van der Waals surface area contributed by atoms with E-state index in [-0.39, 0.29) is 0 Å². The third-order valence-electron chi connectivity index (χ3n) is 10.3. The lowest BCUT2D eigenvalue weighted by Crippen LogP contribution is -1.90. The summed E-state index contributed by atoms with van der Waals surface area (Å²) >= 11 is 9.71. The third-order valence-corrected chi connectivity index (χ3v) is 13.9. The number of halogens is 4. The van der Waals surface area contributed by atoms with E-state index in [1.54, 1.807) is 0 Å². The number of alkyl halides is 4. The van der Waals surface area contributed by atoms with E-state index in [9.17, 15) is 0 Å². The maximum absolute atomic E-state index is 5.47. The van der Waals surface area contributed by atoms with E-state index in [1.165, 1.54) is 22.3 Å². The summed E-state index contributed by atoms with van der Waals surface area (Å²) in [4.78, 5) is 18.7. The molecule has 4 aromatic carbocycles. The molecule has 56 heavy (non-hydrogen) atoms. The van der Waals surface area contributed by atoms with E-state index in [0.29, 0.717) is 0 Å². The van der Waals surface area contributed by atoms with Crippen molar-refractivity contribution in [2.24, 2.45) is 0 Å². The van der Waals surface area contributed by atoms with Crippen molar-refractivity contribution in [2.45, 2.75) is 17.7 Å². The van der Waals surface area contributed by atoms with Gasteiger partial charge in [-0.25, -0.2) is 9.97 Å². The van der Waals surface area contributed by atoms with Crippen LogP contribution in [0.2, 0.25) is 0 Å².